The zero-order valence-electron chi connectivity index (χ0n) is 11.5. The normalized spacial score (nSPS) is 11.7. The third-order valence-electron chi connectivity index (χ3n) is 2.86. The number of fused-ring (bicyclic) bond motifs is 1. The van der Waals surface area contributed by atoms with Crippen LogP contribution in [0.4, 0.5) is 17.1 Å². The van der Waals surface area contributed by atoms with Gasteiger partial charge in [0.05, 0.1) is 16.9 Å². The van der Waals surface area contributed by atoms with Crippen LogP contribution in [0.3, 0.4) is 0 Å². The Morgan fingerprint density at radius 3 is 2.95 bits per heavy atom. The van der Waals surface area contributed by atoms with Crippen LogP contribution in [0, 0.1) is 28.1 Å². The molecule has 0 saturated carbocycles. The molecule has 1 aliphatic heterocycles. The third kappa shape index (κ3) is 2.89. The van der Waals surface area contributed by atoms with E-state index in [9.17, 15) is 10.1 Å². The molecule has 0 amide bonds. The van der Waals surface area contributed by atoms with Gasteiger partial charge < -0.3 is 15.2 Å². The molecule has 0 saturated heterocycles. The van der Waals surface area contributed by atoms with Crippen molar-refractivity contribution in [2.75, 3.05) is 5.32 Å². The number of imidazole rings is 1. The molecular formula is C12H8N7NaO2. The first kappa shape index (κ1) is 15.8. The smallest absolute Gasteiger partial charge is 0.511 e. The number of nitrogens with one attached hydrogen (secondary N) is 2. The average Bonchev–Trinajstić information content (AvgIpc) is 3.00. The summed E-state index contributed by atoms with van der Waals surface area (Å²) in [5, 5.41) is 25.1. The Balaban J connectivity index is 0.00000176. The molecule has 0 radical (unpaired) electrons. The van der Waals surface area contributed by atoms with E-state index in [1.807, 2.05) is 0 Å². The van der Waals surface area contributed by atoms with Crippen LogP contribution in [-0.2, 0) is 0 Å². The second-order valence-corrected chi connectivity index (χ2v) is 4.11. The predicted octanol–water partition coefficient (Wildman–Crippen LogP) is -1.53. The van der Waals surface area contributed by atoms with Crippen molar-refractivity contribution in [1.29, 1.82) is 5.26 Å². The minimum Gasteiger partial charge on any atom is -0.511 e. The molecule has 9 nitrogen and oxygen atoms in total. The third-order valence-corrected chi connectivity index (χ3v) is 2.86. The molecule has 1 aromatic heterocycles. The van der Waals surface area contributed by atoms with E-state index < -0.39 is 4.92 Å². The van der Waals surface area contributed by atoms with E-state index in [-0.39, 0.29) is 35.2 Å². The molecule has 3 rings (SSSR count). The summed E-state index contributed by atoms with van der Waals surface area (Å²) in [7, 11) is 0. The first-order chi connectivity index (χ1) is 10.2. The van der Waals surface area contributed by atoms with Crippen LogP contribution in [-0.4, -0.2) is 20.3 Å². The number of rotatable bonds is 2. The fourth-order valence-corrected chi connectivity index (χ4v) is 1.96. The Hall–Kier alpha value is -2.54. The Morgan fingerprint density at radius 1 is 1.50 bits per heavy atom. The van der Waals surface area contributed by atoms with Gasteiger partial charge in [0.25, 0.3) is 5.69 Å². The minimum atomic E-state index is -0.468. The van der Waals surface area contributed by atoms with Crippen molar-refractivity contribution in [3.63, 3.8) is 0 Å². The van der Waals surface area contributed by atoms with E-state index in [1.54, 1.807) is 18.5 Å². The number of aliphatic imine (C=N–C) groups is 1. The van der Waals surface area contributed by atoms with Gasteiger partial charge in [-0.15, -0.1) is 0 Å². The molecule has 0 fully saturated rings. The van der Waals surface area contributed by atoms with Crippen molar-refractivity contribution >= 4 is 22.9 Å². The summed E-state index contributed by atoms with van der Waals surface area (Å²) < 4.78 is 1.53. The molecule has 0 spiro atoms. The summed E-state index contributed by atoms with van der Waals surface area (Å²) in [5.74, 6) is 0.329. The molecule has 1 aromatic carbocycles. The summed E-state index contributed by atoms with van der Waals surface area (Å²) >= 11 is 0. The molecule has 2 heterocycles. The fourth-order valence-electron chi connectivity index (χ4n) is 1.96. The van der Waals surface area contributed by atoms with Gasteiger partial charge in [-0.2, -0.15) is 5.26 Å². The van der Waals surface area contributed by atoms with Crippen molar-refractivity contribution in [3.8, 4) is 11.9 Å². The molecular weight excluding hydrogens is 297 g/mol. The average molecular weight is 305 g/mol. The van der Waals surface area contributed by atoms with Crippen molar-refractivity contribution in [2.24, 2.45) is 4.99 Å². The van der Waals surface area contributed by atoms with Crippen LogP contribution in [0.15, 0.2) is 35.8 Å². The molecule has 104 valence electrons. The predicted molar refractivity (Wildman–Crippen MR) is 74.0 cm³/mol. The molecule has 2 aromatic rings. The maximum atomic E-state index is 11.2. The van der Waals surface area contributed by atoms with Gasteiger partial charge >= 0.3 is 29.6 Å². The fraction of sp³-hybridized carbons (Fsp3) is 0. The summed E-state index contributed by atoms with van der Waals surface area (Å²) in [6.07, 6.45) is 6.37. The molecule has 10 heteroatoms. The molecule has 1 aliphatic rings. The monoisotopic (exact) mass is 305 g/mol. The number of nitro groups is 1. The molecule has 22 heavy (non-hydrogen) atoms. The zero-order chi connectivity index (χ0) is 14.8. The van der Waals surface area contributed by atoms with Crippen LogP contribution in [0.2, 0.25) is 0 Å². The minimum absolute atomic E-state index is 0. The zero-order valence-corrected chi connectivity index (χ0v) is 13.5. The first-order valence-electron chi connectivity index (χ1n) is 5.83. The van der Waals surface area contributed by atoms with Crippen LogP contribution >= 0.6 is 0 Å². The number of anilines is 1. The van der Waals surface area contributed by atoms with Gasteiger partial charge in [0, 0.05) is 24.1 Å². The summed E-state index contributed by atoms with van der Waals surface area (Å²) in [4.78, 5) is 18.8. The quantitative estimate of drug-likeness (QED) is 0.173. The maximum absolute atomic E-state index is 11.2. The van der Waals surface area contributed by atoms with E-state index in [1.165, 1.54) is 29.7 Å². The number of nitrogens with zero attached hydrogens (tertiary/aromatic N) is 5. The SMILES string of the molecule is N#CNC1=Nc2cc(-n3ccnc3)c([N+](=O)[O-])cc2N[CH-]1.[Na+]. The number of benzene rings is 1. The number of nitriles is 1. The van der Waals surface area contributed by atoms with Crippen molar-refractivity contribution in [2.45, 2.75) is 0 Å². The summed E-state index contributed by atoms with van der Waals surface area (Å²) in [6, 6.07) is 2.96. The van der Waals surface area contributed by atoms with Gasteiger partial charge in [-0.25, -0.2) is 11.5 Å². The van der Waals surface area contributed by atoms with Crippen molar-refractivity contribution < 1.29 is 34.5 Å². The van der Waals surface area contributed by atoms with Gasteiger partial charge in [-0.3, -0.25) is 15.1 Å². The Kier molecular flexibility index (Phi) is 4.67. The molecule has 0 unspecified atom stereocenters. The number of aromatic nitrogens is 2. The van der Waals surface area contributed by atoms with Crippen molar-refractivity contribution in [3.05, 3.63) is 47.5 Å². The first-order valence-corrected chi connectivity index (χ1v) is 5.83. The number of amidine groups is 1. The van der Waals surface area contributed by atoms with Gasteiger partial charge in [0.2, 0.25) is 0 Å². The van der Waals surface area contributed by atoms with Crippen LogP contribution < -0.4 is 40.2 Å². The Morgan fingerprint density at radius 2 is 2.32 bits per heavy atom. The van der Waals surface area contributed by atoms with Crippen LogP contribution in [0.1, 0.15) is 0 Å². The Bertz CT molecular complexity index is 780. The molecule has 0 aliphatic carbocycles. The molecule has 0 atom stereocenters. The maximum Gasteiger partial charge on any atom is 1.00 e. The molecule has 2 N–H and O–H groups in total. The standard InChI is InChI=1S/C12H8N7O2.Na/c13-6-16-12-5-15-8-3-11(19(20)21)10(4-9(8)17-12)18-2-1-14-7-18;/h1-5,7,15H,(H,16,17);/q-1;+1. The van der Waals surface area contributed by atoms with E-state index in [4.69, 9.17) is 5.26 Å². The molecule has 0 bridgehead atoms. The van der Waals surface area contributed by atoms with E-state index in [0.717, 1.165) is 0 Å². The van der Waals surface area contributed by atoms with E-state index in [0.29, 0.717) is 22.9 Å². The number of hydrogen-bond donors (Lipinski definition) is 2. The van der Waals surface area contributed by atoms with Crippen LogP contribution in [0.25, 0.3) is 5.69 Å². The summed E-state index contributed by atoms with van der Waals surface area (Å²) in [6.45, 7) is 1.46. The topological polar surface area (TPSA) is 121 Å². The van der Waals surface area contributed by atoms with Gasteiger partial charge in [0.15, 0.2) is 6.19 Å². The second-order valence-electron chi connectivity index (χ2n) is 4.11. The summed E-state index contributed by atoms with van der Waals surface area (Å²) in [5.41, 5.74) is 1.26. The van der Waals surface area contributed by atoms with Crippen LogP contribution in [0.5, 0.6) is 0 Å². The number of nitro benzene ring substituents is 1. The van der Waals surface area contributed by atoms with Gasteiger partial charge in [0.1, 0.15) is 5.69 Å². The van der Waals surface area contributed by atoms with E-state index >= 15 is 0 Å². The second kappa shape index (κ2) is 6.48. The van der Waals surface area contributed by atoms with E-state index in [2.05, 4.69) is 20.6 Å². The van der Waals surface area contributed by atoms with Gasteiger partial charge in [-0.1, -0.05) is 0 Å². The van der Waals surface area contributed by atoms with Crippen molar-refractivity contribution in [1.82, 2.24) is 14.9 Å². The number of hydrogen-bond acceptors (Lipinski definition) is 7. The Labute approximate surface area is 147 Å². The van der Waals surface area contributed by atoms with Gasteiger partial charge in [-0.05, 0) is 11.9 Å². The largest absolute Gasteiger partial charge is 1.00 e.